The van der Waals surface area contributed by atoms with Crippen LogP contribution in [0.4, 0.5) is 0 Å². The fourth-order valence-electron chi connectivity index (χ4n) is 1.18. The molecule has 0 radical (unpaired) electrons. The first-order chi connectivity index (χ1) is 6.93. The zero-order valence-electron chi connectivity index (χ0n) is 8.06. The molecule has 0 atom stereocenters. The third-order valence-electron chi connectivity index (χ3n) is 1.87. The average molecular weight is 190 g/mol. The maximum atomic E-state index is 9.80. The van der Waals surface area contributed by atoms with Crippen LogP contribution in [0.1, 0.15) is 12.0 Å². The third kappa shape index (κ3) is 4.45. The topological polar surface area (TPSA) is 26.3 Å². The molecule has 2 heteroatoms. The van der Waals surface area contributed by atoms with Gasteiger partial charge < -0.3 is 4.74 Å². The number of benzene rings is 1. The fraction of sp³-hybridized carbons (Fsp3) is 0.250. The molecule has 1 aromatic carbocycles. The second kappa shape index (κ2) is 6.89. The molecule has 0 N–H and O–H groups in total. The molecule has 0 aliphatic rings. The van der Waals surface area contributed by atoms with Crippen LogP contribution < -0.4 is 0 Å². The predicted octanol–water partition coefficient (Wildman–Crippen LogP) is 2.35. The van der Waals surface area contributed by atoms with Crippen LogP contribution in [0.3, 0.4) is 0 Å². The van der Waals surface area contributed by atoms with Gasteiger partial charge in [0.15, 0.2) is 0 Å². The van der Waals surface area contributed by atoms with Crippen LogP contribution in [0.5, 0.6) is 0 Å². The van der Waals surface area contributed by atoms with E-state index in [1.807, 2.05) is 30.4 Å². The summed E-state index contributed by atoms with van der Waals surface area (Å²) in [6.07, 6.45) is 5.89. The minimum Gasteiger partial charge on any atom is -0.464 e. The van der Waals surface area contributed by atoms with Crippen molar-refractivity contribution in [3.63, 3.8) is 0 Å². The molecule has 0 unspecified atom stereocenters. The Morgan fingerprint density at radius 3 is 2.64 bits per heavy atom. The quantitative estimate of drug-likeness (QED) is 0.391. The first kappa shape index (κ1) is 10.5. The maximum Gasteiger partial charge on any atom is 0.293 e. The predicted molar refractivity (Wildman–Crippen MR) is 55.9 cm³/mol. The SMILES string of the molecule is O=COCC=CCCc1ccccc1. The summed E-state index contributed by atoms with van der Waals surface area (Å²) in [6.45, 7) is 0.833. The molecule has 0 aliphatic carbocycles. The molecule has 2 nitrogen and oxygen atoms in total. The molecule has 1 rings (SSSR count). The number of rotatable bonds is 6. The normalized spacial score (nSPS) is 10.3. The van der Waals surface area contributed by atoms with E-state index in [4.69, 9.17) is 0 Å². The minimum absolute atomic E-state index is 0.373. The highest BCUT2D eigenvalue weighted by atomic mass is 16.5. The van der Waals surface area contributed by atoms with Gasteiger partial charge >= 0.3 is 0 Å². The Balaban J connectivity index is 2.15. The van der Waals surface area contributed by atoms with Crippen LogP contribution in [0.2, 0.25) is 0 Å². The highest BCUT2D eigenvalue weighted by Crippen LogP contribution is 2.02. The Kier molecular flexibility index (Phi) is 5.18. The summed E-state index contributed by atoms with van der Waals surface area (Å²) in [7, 11) is 0. The number of hydrogen-bond acceptors (Lipinski definition) is 2. The highest BCUT2D eigenvalue weighted by Gasteiger charge is 1.87. The largest absolute Gasteiger partial charge is 0.464 e. The Morgan fingerprint density at radius 1 is 1.14 bits per heavy atom. The molecule has 0 spiro atoms. The van der Waals surface area contributed by atoms with Gasteiger partial charge in [-0.2, -0.15) is 0 Å². The lowest BCUT2D eigenvalue weighted by molar-refractivity contribution is -0.127. The van der Waals surface area contributed by atoms with E-state index in [1.165, 1.54) is 5.56 Å². The standard InChI is InChI=1S/C12H14O2/c13-11-14-10-6-2-5-9-12-7-3-1-4-8-12/h1-4,6-8,11H,5,9-10H2. The lowest BCUT2D eigenvalue weighted by Crippen LogP contribution is -1.86. The van der Waals surface area contributed by atoms with Crippen molar-refractivity contribution in [2.75, 3.05) is 6.61 Å². The number of allylic oxidation sites excluding steroid dienone is 1. The van der Waals surface area contributed by atoms with Crippen molar-refractivity contribution in [1.29, 1.82) is 0 Å². The summed E-state index contributed by atoms with van der Waals surface area (Å²) in [5, 5.41) is 0. The van der Waals surface area contributed by atoms with Gasteiger partial charge in [-0.3, -0.25) is 4.79 Å². The van der Waals surface area contributed by atoms with E-state index in [2.05, 4.69) is 16.9 Å². The van der Waals surface area contributed by atoms with E-state index < -0.39 is 0 Å². The van der Waals surface area contributed by atoms with Gasteiger partial charge in [0.2, 0.25) is 0 Å². The van der Waals surface area contributed by atoms with E-state index in [9.17, 15) is 4.79 Å². The van der Waals surface area contributed by atoms with Crippen LogP contribution in [0.15, 0.2) is 42.5 Å². The first-order valence-corrected chi connectivity index (χ1v) is 4.67. The lowest BCUT2D eigenvalue weighted by atomic mass is 10.1. The second-order valence-corrected chi connectivity index (χ2v) is 2.93. The van der Waals surface area contributed by atoms with Gasteiger partial charge in [0, 0.05) is 0 Å². The van der Waals surface area contributed by atoms with Crippen LogP contribution in [-0.4, -0.2) is 13.1 Å². The lowest BCUT2D eigenvalue weighted by Gasteiger charge is -1.96. The number of aryl methyl sites for hydroxylation is 1. The zero-order valence-corrected chi connectivity index (χ0v) is 8.06. The minimum atomic E-state index is 0.373. The van der Waals surface area contributed by atoms with Crippen LogP contribution in [0, 0.1) is 0 Å². The molecular weight excluding hydrogens is 176 g/mol. The van der Waals surface area contributed by atoms with Gasteiger partial charge in [0.25, 0.3) is 6.47 Å². The van der Waals surface area contributed by atoms with Crippen LogP contribution in [0.25, 0.3) is 0 Å². The smallest absolute Gasteiger partial charge is 0.293 e. The molecule has 0 bridgehead atoms. The van der Waals surface area contributed by atoms with Crippen molar-refractivity contribution >= 4 is 6.47 Å². The molecule has 0 heterocycles. The Hall–Kier alpha value is -1.57. The summed E-state index contributed by atoms with van der Waals surface area (Å²) in [5.41, 5.74) is 1.33. The highest BCUT2D eigenvalue weighted by molar-refractivity contribution is 5.37. The molecule has 0 aromatic heterocycles. The van der Waals surface area contributed by atoms with E-state index in [1.54, 1.807) is 0 Å². The summed E-state index contributed by atoms with van der Waals surface area (Å²) in [5.74, 6) is 0. The van der Waals surface area contributed by atoms with Gasteiger partial charge in [0.1, 0.15) is 6.61 Å². The van der Waals surface area contributed by atoms with Gasteiger partial charge in [-0.15, -0.1) is 0 Å². The summed E-state index contributed by atoms with van der Waals surface area (Å²) >= 11 is 0. The van der Waals surface area contributed by atoms with Crippen LogP contribution in [-0.2, 0) is 16.0 Å². The molecule has 0 saturated carbocycles. The second-order valence-electron chi connectivity index (χ2n) is 2.93. The summed E-state index contributed by atoms with van der Waals surface area (Å²) in [6, 6.07) is 10.3. The molecule has 0 aliphatic heterocycles. The van der Waals surface area contributed by atoms with E-state index in [0.29, 0.717) is 13.1 Å². The van der Waals surface area contributed by atoms with Gasteiger partial charge in [0.05, 0.1) is 0 Å². The van der Waals surface area contributed by atoms with Gasteiger partial charge in [-0.1, -0.05) is 42.5 Å². The number of carbonyl (C=O) groups excluding carboxylic acids is 1. The molecule has 14 heavy (non-hydrogen) atoms. The van der Waals surface area contributed by atoms with Crippen molar-refractivity contribution in [2.45, 2.75) is 12.8 Å². The van der Waals surface area contributed by atoms with E-state index in [0.717, 1.165) is 12.8 Å². The van der Waals surface area contributed by atoms with E-state index in [-0.39, 0.29) is 0 Å². The molecule has 0 fully saturated rings. The van der Waals surface area contributed by atoms with Gasteiger partial charge in [-0.25, -0.2) is 0 Å². The van der Waals surface area contributed by atoms with Gasteiger partial charge in [-0.05, 0) is 18.4 Å². The summed E-state index contributed by atoms with van der Waals surface area (Å²) < 4.78 is 4.52. The first-order valence-electron chi connectivity index (χ1n) is 4.67. The Morgan fingerprint density at radius 2 is 1.93 bits per heavy atom. The van der Waals surface area contributed by atoms with Crippen molar-refractivity contribution in [2.24, 2.45) is 0 Å². The van der Waals surface area contributed by atoms with E-state index >= 15 is 0 Å². The molecular formula is C12H14O2. The van der Waals surface area contributed by atoms with Crippen molar-refractivity contribution in [1.82, 2.24) is 0 Å². The van der Waals surface area contributed by atoms with Crippen molar-refractivity contribution < 1.29 is 9.53 Å². The number of hydrogen-bond donors (Lipinski definition) is 0. The molecule has 74 valence electrons. The molecule has 0 amide bonds. The zero-order chi connectivity index (χ0) is 10.1. The summed E-state index contributed by atoms with van der Waals surface area (Å²) in [4.78, 5) is 9.80. The van der Waals surface area contributed by atoms with Crippen molar-refractivity contribution in [3.8, 4) is 0 Å². The number of ether oxygens (including phenoxy) is 1. The van der Waals surface area contributed by atoms with Crippen LogP contribution >= 0.6 is 0 Å². The average Bonchev–Trinajstić information content (AvgIpc) is 2.25. The van der Waals surface area contributed by atoms with Crippen molar-refractivity contribution in [3.05, 3.63) is 48.0 Å². The molecule has 0 saturated heterocycles. The number of carbonyl (C=O) groups is 1. The monoisotopic (exact) mass is 190 g/mol. The Labute approximate surface area is 84.2 Å². The maximum absolute atomic E-state index is 9.80. The molecule has 1 aromatic rings. The Bertz CT molecular complexity index is 278. The third-order valence-corrected chi connectivity index (χ3v) is 1.87. The fourth-order valence-corrected chi connectivity index (χ4v) is 1.18.